The van der Waals surface area contributed by atoms with Gasteiger partial charge in [0.2, 0.25) is 5.91 Å². The van der Waals surface area contributed by atoms with E-state index in [4.69, 9.17) is 4.74 Å². The van der Waals surface area contributed by atoms with Crippen molar-refractivity contribution >= 4 is 29.2 Å². The molecule has 3 rings (SSSR count). The number of hydrogen-bond donors (Lipinski definition) is 3. The summed E-state index contributed by atoms with van der Waals surface area (Å²) >= 11 is 0. The van der Waals surface area contributed by atoms with Crippen molar-refractivity contribution in [1.29, 1.82) is 0 Å². The van der Waals surface area contributed by atoms with Gasteiger partial charge >= 0.3 is 5.97 Å². The molecule has 7 nitrogen and oxygen atoms in total. The Morgan fingerprint density at radius 3 is 2.21 bits per heavy atom. The largest absolute Gasteiger partial charge is 0.489 e. The van der Waals surface area contributed by atoms with Gasteiger partial charge in [-0.25, -0.2) is 4.79 Å². The summed E-state index contributed by atoms with van der Waals surface area (Å²) in [5.74, 6) is -0.629. The van der Waals surface area contributed by atoms with Crippen molar-refractivity contribution in [2.24, 2.45) is 11.8 Å². The lowest BCUT2D eigenvalue weighted by Gasteiger charge is -2.16. The summed E-state index contributed by atoms with van der Waals surface area (Å²) < 4.78 is 5.66. The number of ether oxygens (including phenoxy) is 1. The quantitative estimate of drug-likeness (QED) is 0.656. The van der Waals surface area contributed by atoms with E-state index < -0.39 is 11.9 Å². The van der Waals surface area contributed by atoms with E-state index in [9.17, 15) is 19.5 Å². The fraction of sp³-hybridized carbons (Fsp3) is 0.318. The molecule has 1 aliphatic rings. The first-order valence-electron chi connectivity index (χ1n) is 9.51. The lowest BCUT2D eigenvalue weighted by Crippen LogP contribution is -2.16. The predicted octanol–water partition coefficient (Wildman–Crippen LogP) is 4.02. The lowest BCUT2D eigenvalue weighted by molar-refractivity contribution is -0.117. The van der Waals surface area contributed by atoms with Crippen LogP contribution in [0.2, 0.25) is 0 Å². The first-order valence-corrected chi connectivity index (χ1v) is 9.51. The van der Waals surface area contributed by atoms with Gasteiger partial charge in [0.15, 0.2) is 0 Å². The van der Waals surface area contributed by atoms with Crippen molar-refractivity contribution in [3.05, 3.63) is 53.6 Å². The molecule has 0 aliphatic heterocycles. The van der Waals surface area contributed by atoms with E-state index in [0.717, 1.165) is 6.42 Å². The molecule has 2 unspecified atom stereocenters. The third-order valence-corrected chi connectivity index (χ3v) is 4.70. The first kappa shape index (κ1) is 20.4. The monoisotopic (exact) mass is 396 g/mol. The second-order valence-corrected chi connectivity index (χ2v) is 7.52. The zero-order valence-electron chi connectivity index (χ0n) is 16.6. The standard InChI is InChI=1S/C22H24N2O5/c1-12(2)29-19-9-6-15(22(27)28)11-18(19)24-20(25)14-4-7-16(8-5-14)23-21(26)17-10-13(17)3/h4-9,11-13,17H,10H2,1-3H3,(H,23,26)(H,24,25)(H,27,28). The summed E-state index contributed by atoms with van der Waals surface area (Å²) in [6.07, 6.45) is 0.765. The predicted molar refractivity (Wildman–Crippen MR) is 109 cm³/mol. The van der Waals surface area contributed by atoms with Crippen molar-refractivity contribution in [2.75, 3.05) is 10.6 Å². The molecule has 2 atom stereocenters. The number of aromatic carboxylic acids is 1. The van der Waals surface area contributed by atoms with Crippen LogP contribution in [0.25, 0.3) is 0 Å². The SMILES string of the molecule is CC(C)Oc1ccc(C(=O)O)cc1NC(=O)c1ccc(NC(=O)C2CC2C)cc1. The van der Waals surface area contributed by atoms with Crippen LogP contribution in [-0.4, -0.2) is 29.0 Å². The molecule has 0 radical (unpaired) electrons. The highest BCUT2D eigenvalue weighted by Gasteiger charge is 2.39. The summed E-state index contributed by atoms with van der Waals surface area (Å²) in [4.78, 5) is 35.9. The summed E-state index contributed by atoms with van der Waals surface area (Å²) in [6.45, 7) is 5.71. The van der Waals surface area contributed by atoms with E-state index in [2.05, 4.69) is 10.6 Å². The van der Waals surface area contributed by atoms with Gasteiger partial charge in [-0.1, -0.05) is 6.92 Å². The van der Waals surface area contributed by atoms with Crippen LogP contribution in [0.3, 0.4) is 0 Å². The summed E-state index contributed by atoms with van der Waals surface area (Å²) in [7, 11) is 0. The number of nitrogens with one attached hydrogen (secondary N) is 2. The maximum absolute atomic E-state index is 12.6. The maximum atomic E-state index is 12.6. The fourth-order valence-corrected chi connectivity index (χ4v) is 2.94. The Bertz CT molecular complexity index is 937. The summed E-state index contributed by atoms with van der Waals surface area (Å²) in [5, 5.41) is 14.8. The second kappa shape index (κ2) is 8.34. The minimum absolute atomic E-state index is 0.00402. The van der Waals surface area contributed by atoms with Crippen LogP contribution in [0.4, 0.5) is 11.4 Å². The minimum Gasteiger partial charge on any atom is -0.489 e. The van der Waals surface area contributed by atoms with E-state index in [1.165, 1.54) is 18.2 Å². The average Bonchev–Trinajstić information content (AvgIpc) is 3.40. The molecule has 0 aromatic heterocycles. The normalized spacial score (nSPS) is 17.5. The highest BCUT2D eigenvalue weighted by Crippen LogP contribution is 2.38. The number of benzene rings is 2. The van der Waals surface area contributed by atoms with Crippen molar-refractivity contribution in [3.63, 3.8) is 0 Å². The van der Waals surface area contributed by atoms with Crippen LogP contribution in [0.15, 0.2) is 42.5 Å². The van der Waals surface area contributed by atoms with E-state index >= 15 is 0 Å². The molecule has 0 heterocycles. The third kappa shape index (κ3) is 5.13. The van der Waals surface area contributed by atoms with Crippen molar-refractivity contribution in [2.45, 2.75) is 33.3 Å². The Morgan fingerprint density at radius 2 is 1.66 bits per heavy atom. The number of carboxylic acids is 1. The zero-order chi connectivity index (χ0) is 21.1. The van der Waals surface area contributed by atoms with Crippen LogP contribution < -0.4 is 15.4 Å². The number of rotatable bonds is 7. The van der Waals surface area contributed by atoms with Crippen LogP contribution in [0, 0.1) is 11.8 Å². The molecule has 1 fully saturated rings. The number of carboxylic acid groups (broad SMARTS) is 1. The Hall–Kier alpha value is -3.35. The minimum atomic E-state index is -1.10. The molecule has 7 heteroatoms. The lowest BCUT2D eigenvalue weighted by atomic mass is 10.1. The zero-order valence-corrected chi connectivity index (χ0v) is 16.6. The van der Waals surface area contributed by atoms with E-state index in [-0.39, 0.29) is 29.2 Å². The first-order chi connectivity index (χ1) is 13.7. The topological polar surface area (TPSA) is 105 Å². The molecule has 0 saturated heterocycles. The molecule has 152 valence electrons. The Morgan fingerprint density at radius 1 is 1.03 bits per heavy atom. The molecule has 2 aromatic rings. The Balaban J connectivity index is 1.72. The average molecular weight is 396 g/mol. The Labute approximate surface area is 169 Å². The van der Waals surface area contributed by atoms with Crippen molar-refractivity contribution < 1.29 is 24.2 Å². The molecular weight excluding hydrogens is 372 g/mol. The fourth-order valence-electron chi connectivity index (χ4n) is 2.94. The second-order valence-electron chi connectivity index (χ2n) is 7.52. The van der Waals surface area contributed by atoms with Gasteiger partial charge in [-0.05, 0) is 68.7 Å². The van der Waals surface area contributed by atoms with Gasteiger partial charge in [-0.3, -0.25) is 9.59 Å². The van der Waals surface area contributed by atoms with Gasteiger partial charge in [0.25, 0.3) is 5.91 Å². The molecule has 1 saturated carbocycles. The summed E-state index contributed by atoms with van der Waals surface area (Å²) in [5.41, 5.74) is 1.33. The van der Waals surface area contributed by atoms with Crippen molar-refractivity contribution in [3.8, 4) is 5.75 Å². The molecule has 0 bridgehead atoms. The molecule has 2 amide bonds. The molecular formula is C22H24N2O5. The van der Waals surface area contributed by atoms with E-state index in [1.807, 2.05) is 20.8 Å². The van der Waals surface area contributed by atoms with E-state index in [0.29, 0.717) is 22.9 Å². The van der Waals surface area contributed by atoms with Crippen LogP contribution in [0.5, 0.6) is 5.75 Å². The number of amides is 2. The maximum Gasteiger partial charge on any atom is 0.335 e. The van der Waals surface area contributed by atoms with E-state index in [1.54, 1.807) is 24.3 Å². The van der Waals surface area contributed by atoms with Gasteiger partial charge in [-0.15, -0.1) is 0 Å². The van der Waals surface area contributed by atoms with Gasteiger partial charge in [0, 0.05) is 17.2 Å². The highest BCUT2D eigenvalue weighted by atomic mass is 16.5. The highest BCUT2D eigenvalue weighted by molar-refractivity contribution is 6.06. The van der Waals surface area contributed by atoms with Crippen molar-refractivity contribution in [1.82, 2.24) is 0 Å². The van der Waals surface area contributed by atoms with Crippen LogP contribution in [0.1, 0.15) is 47.9 Å². The molecule has 1 aliphatic carbocycles. The third-order valence-electron chi connectivity index (χ3n) is 4.70. The molecule has 29 heavy (non-hydrogen) atoms. The Kier molecular flexibility index (Phi) is 5.87. The molecule has 2 aromatic carbocycles. The van der Waals surface area contributed by atoms with Gasteiger partial charge in [0.05, 0.1) is 17.4 Å². The van der Waals surface area contributed by atoms with Crippen LogP contribution in [-0.2, 0) is 4.79 Å². The van der Waals surface area contributed by atoms with Gasteiger partial charge < -0.3 is 20.5 Å². The number of hydrogen-bond acceptors (Lipinski definition) is 4. The smallest absolute Gasteiger partial charge is 0.335 e. The van der Waals surface area contributed by atoms with Gasteiger partial charge in [-0.2, -0.15) is 0 Å². The van der Waals surface area contributed by atoms with Crippen LogP contribution >= 0.6 is 0 Å². The number of anilines is 2. The summed E-state index contributed by atoms with van der Waals surface area (Å²) in [6, 6.07) is 10.8. The molecule has 3 N–H and O–H groups in total. The number of carbonyl (C=O) groups is 3. The van der Waals surface area contributed by atoms with Gasteiger partial charge in [0.1, 0.15) is 5.75 Å². The number of carbonyl (C=O) groups excluding carboxylic acids is 2. The molecule has 0 spiro atoms.